The first kappa shape index (κ1) is 19.9. The first-order valence-corrected chi connectivity index (χ1v) is 11.0. The number of benzene rings is 1. The number of H-pyrrole nitrogens is 1. The number of carbonyl (C=O) groups excluding carboxylic acids is 1. The van der Waals surface area contributed by atoms with Crippen molar-refractivity contribution in [2.75, 3.05) is 25.0 Å². The summed E-state index contributed by atoms with van der Waals surface area (Å²) in [7, 11) is 0. The minimum atomic E-state index is 0.205. The second-order valence-corrected chi connectivity index (χ2v) is 8.70. The van der Waals surface area contributed by atoms with Gasteiger partial charge in [-0.1, -0.05) is 23.7 Å². The zero-order valence-electron chi connectivity index (χ0n) is 17.0. The molecule has 1 saturated carbocycles. The molecule has 8 nitrogen and oxygen atoms in total. The van der Waals surface area contributed by atoms with Crippen LogP contribution in [-0.4, -0.2) is 55.8 Å². The summed E-state index contributed by atoms with van der Waals surface area (Å²) in [5.41, 5.74) is 3.21. The van der Waals surface area contributed by atoms with Gasteiger partial charge in [0.05, 0.1) is 11.9 Å². The number of halogens is 1. The van der Waals surface area contributed by atoms with Crippen molar-refractivity contribution in [3.05, 3.63) is 64.7 Å². The van der Waals surface area contributed by atoms with Crippen LogP contribution in [0, 0.1) is 11.8 Å². The first-order valence-electron chi connectivity index (χ1n) is 10.6. The highest BCUT2D eigenvalue weighted by Crippen LogP contribution is 2.57. The topological polar surface area (TPSA) is 99.7 Å². The van der Waals surface area contributed by atoms with Crippen LogP contribution in [0.4, 0.5) is 5.95 Å². The maximum Gasteiger partial charge on any atom is 0.222 e. The number of hydrogen-bond acceptors (Lipinski definition) is 6. The molecule has 31 heavy (non-hydrogen) atoms. The number of amides is 1. The number of aromatic amines is 1. The Morgan fingerprint density at radius 2 is 1.81 bits per heavy atom. The molecule has 1 aromatic carbocycles. The molecule has 5 rings (SSSR count). The Labute approximate surface area is 185 Å². The van der Waals surface area contributed by atoms with Crippen molar-refractivity contribution in [2.24, 2.45) is 11.8 Å². The molecule has 0 spiro atoms. The van der Waals surface area contributed by atoms with Crippen molar-refractivity contribution in [3.63, 3.8) is 0 Å². The monoisotopic (exact) mass is 437 g/mol. The summed E-state index contributed by atoms with van der Waals surface area (Å²) in [6.45, 7) is 2.40. The SMILES string of the molecule is O=C(CCc1cnc(NCCc2ccc(Cl)cc2)nc1)N1C[C@@H]2C(c3cn[nH]n3)[C@@H]2C1. The van der Waals surface area contributed by atoms with Gasteiger partial charge >= 0.3 is 0 Å². The number of aryl methyl sites for hydroxylation is 1. The van der Waals surface area contributed by atoms with Crippen LogP contribution >= 0.6 is 11.6 Å². The highest BCUT2D eigenvalue weighted by Gasteiger charge is 2.58. The molecule has 9 heteroatoms. The standard InChI is InChI=1S/C22H24ClN7O/c23-16-4-1-14(2-5-16)7-8-24-22-25-9-15(10-26-22)3-6-20(31)30-12-17-18(13-30)21(17)19-11-27-29-28-19/h1-2,4-5,9-11,17-18,21H,3,6-8,12-13H2,(H,24,25,26)(H,27,28,29)/t17-,18+,21?. The van der Waals surface area contributed by atoms with Gasteiger partial charge < -0.3 is 10.2 Å². The van der Waals surface area contributed by atoms with Crippen LogP contribution in [0.2, 0.25) is 5.02 Å². The van der Waals surface area contributed by atoms with Crippen LogP contribution in [-0.2, 0) is 17.6 Å². The lowest BCUT2D eigenvalue weighted by Crippen LogP contribution is -2.31. The second-order valence-electron chi connectivity index (χ2n) is 8.27. The molecular weight excluding hydrogens is 414 g/mol. The zero-order chi connectivity index (χ0) is 21.2. The molecule has 1 saturated heterocycles. The van der Waals surface area contributed by atoms with Gasteiger partial charge in [-0.25, -0.2) is 9.97 Å². The summed E-state index contributed by atoms with van der Waals surface area (Å²) in [4.78, 5) is 23.3. The number of carbonyl (C=O) groups is 1. The van der Waals surface area contributed by atoms with Gasteiger partial charge in [-0.05, 0) is 47.9 Å². The van der Waals surface area contributed by atoms with E-state index in [9.17, 15) is 4.79 Å². The quantitative estimate of drug-likeness (QED) is 0.562. The van der Waals surface area contributed by atoms with E-state index in [0.717, 1.165) is 42.3 Å². The van der Waals surface area contributed by atoms with Gasteiger partial charge in [0.15, 0.2) is 0 Å². The minimum absolute atomic E-state index is 0.205. The van der Waals surface area contributed by atoms with Gasteiger partial charge in [-0.15, -0.1) is 0 Å². The Morgan fingerprint density at radius 1 is 1.06 bits per heavy atom. The number of anilines is 1. The highest BCUT2D eigenvalue weighted by molar-refractivity contribution is 6.30. The number of nitrogens with one attached hydrogen (secondary N) is 2. The van der Waals surface area contributed by atoms with Crippen molar-refractivity contribution in [2.45, 2.75) is 25.2 Å². The second kappa shape index (κ2) is 8.63. The van der Waals surface area contributed by atoms with Crippen molar-refractivity contribution in [1.82, 2.24) is 30.3 Å². The Morgan fingerprint density at radius 3 is 2.48 bits per heavy atom. The van der Waals surface area contributed by atoms with Gasteiger partial charge in [-0.3, -0.25) is 4.79 Å². The lowest BCUT2D eigenvalue weighted by molar-refractivity contribution is -0.130. The fourth-order valence-corrected chi connectivity index (χ4v) is 4.62. The summed E-state index contributed by atoms with van der Waals surface area (Å²) in [6.07, 6.45) is 7.40. The van der Waals surface area contributed by atoms with Crippen molar-refractivity contribution in [3.8, 4) is 0 Å². The van der Waals surface area contributed by atoms with Gasteiger partial charge in [0.25, 0.3) is 0 Å². The molecule has 2 aliphatic rings. The summed E-state index contributed by atoms with van der Waals surface area (Å²) >= 11 is 5.91. The van der Waals surface area contributed by atoms with Crippen LogP contribution in [0.15, 0.2) is 42.9 Å². The predicted molar refractivity (Wildman–Crippen MR) is 117 cm³/mol. The number of likely N-dealkylation sites (tertiary alicyclic amines) is 1. The number of fused-ring (bicyclic) bond motifs is 1. The predicted octanol–water partition coefficient (Wildman–Crippen LogP) is 2.71. The summed E-state index contributed by atoms with van der Waals surface area (Å²) < 4.78 is 0. The van der Waals surface area contributed by atoms with Crippen molar-refractivity contribution in [1.29, 1.82) is 0 Å². The maximum absolute atomic E-state index is 12.6. The molecule has 3 aromatic rings. The van der Waals surface area contributed by atoms with E-state index in [1.54, 1.807) is 18.6 Å². The normalized spacial score (nSPS) is 21.7. The summed E-state index contributed by atoms with van der Waals surface area (Å²) in [5.74, 6) is 2.35. The lowest BCUT2D eigenvalue weighted by atomic mass is 10.1. The number of hydrogen-bond donors (Lipinski definition) is 2. The molecule has 1 aliphatic heterocycles. The van der Waals surface area contributed by atoms with Gasteiger partial charge in [0, 0.05) is 49.4 Å². The number of piperidine rings is 1. The number of aromatic nitrogens is 5. The van der Waals surface area contributed by atoms with E-state index < -0.39 is 0 Å². The Kier molecular flexibility index (Phi) is 5.55. The third-order valence-electron chi connectivity index (χ3n) is 6.26. The molecule has 2 N–H and O–H groups in total. The summed E-state index contributed by atoms with van der Waals surface area (Å²) in [6, 6.07) is 7.82. The van der Waals surface area contributed by atoms with Gasteiger partial charge in [-0.2, -0.15) is 15.4 Å². The van der Waals surface area contributed by atoms with E-state index in [1.165, 1.54) is 5.56 Å². The molecule has 2 aromatic heterocycles. The Balaban J connectivity index is 1.03. The fraction of sp³-hybridized carbons (Fsp3) is 0.409. The van der Waals surface area contributed by atoms with Crippen LogP contribution in [0.25, 0.3) is 0 Å². The smallest absolute Gasteiger partial charge is 0.222 e. The first-order chi connectivity index (χ1) is 15.2. The molecule has 3 atom stereocenters. The molecule has 3 heterocycles. The van der Waals surface area contributed by atoms with E-state index in [4.69, 9.17) is 11.6 Å². The molecular formula is C22H24ClN7O. The fourth-order valence-electron chi connectivity index (χ4n) is 4.49. The number of rotatable bonds is 8. The average molecular weight is 438 g/mol. The minimum Gasteiger partial charge on any atom is -0.354 e. The third-order valence-corrected chi connectivity index (χ3v) is 6.52. The third kappa shape index (κ3) is 4.54. The largest absolute Gasteiger partial charge is 0.354 e. The zero-order valence-corrected chi connectivity index (χ0v) is 17.8. The molecule has 1 amide bonds. The highest BCUT2D eigenvalue weighted by atomic mass is 35.5. The molecule has 2 fully saturated rings. The molecule has 1 unspecified atom stereocenters. The summed E-state index contributed by atoms with van der Waals surface area (Å²) in [5, 5.41) is 14.7. The molecule has 0 radical (unpaired) electrons. The van der Waals surface area contributed by atoms with E-state index in [2.05, 4.69) is 30.7 Å². The van der Waals surface area contributed by atoms with E-state index >= 15 is 0 Å². The van der Waals surface area contributed by atoms with Crippen LogP contribution in [0.5, 0.6) is 0 Å². The van der Waals surface area contributed by atoms with Gasteiger partial charge in [0.1, 0.15) is 0 Å². The molecule has 1 aliphatic carbocycles. The van der Waals surface area contributed by atoms with Gasteiger partial charge in [0.2, 0.25) is 11.9 Å². The van der Waals surface area contributed by atoms with E-state index in [0.29, 0.717) is 36.5 Å². The van der Waals surface area contributed by atoms with Crippen LogP contribution in [0.1, 0.15) is 29.2 Å². The van der Waals surface area contributed by atoms with E-state index in [1.807, 2.05) is 29.2 Å². The maximum atomic E-state index is 12.6. The average Bonchev–Trinajstić information content (AvgIpc) is 3.18. The van der Waals surface area contributed by atoms with Crippen LogP contribution < -0.4 is 5.32 Å². The van der Waals surface area contributed by atoms with Crippen molar-refractivity contribution < 1.29 is 4.79 Å². The van der Waals surface area contributed by atoms with Crippen LogP contribution in [0.3, 0.4) is 0 Å². The Bertz CT molecular complexity index is 1010. The molecule has 160 valence electrons. The van der Waals surface area contributed by atoms with Crippen molar-refractivity contribution >= 4 is 23.5 Å². The lowest BCUT2D eigenvalue weighted by Gasteiger charge is -2.19. The Hall–Kier alpha value is -3.00. The molecule has 0 bridgehead atoms. The van der Waals surface area contributed by atoms with E-state index in [-0.39, 0.29) is 5.91 Å². The number of nitrogens with zero attached hydrogens (tertiary/aromatic N) is 5.